The van der Waals surface area contributed by atoms with Crippen LogP contribution < -0.4 is 0 Å². The number of aryl methyl sites for hydroxylation is 2. The van der Waals surface area contributed by atoms with Gasteiger partial charge >= 0.3 is 0 Å². The summed E-state index contributed by atoms with van der Waals surface area (Å²) in [6.45, 7) is 6.83. The fourth-order valence-corrected chi connectivity index (χ4v) is 4.68. The quantitative estimate of drug-likeness (QED) is 0.616. The average molecular weight is 413 g/mol. The molecule has 0 bridgehead atoms. The molecule has 2 aromatic carbocycles. The van der Waals surface area contributed by atoms with Crippen LogP contribution >= 0.6 is 0 Å². The van der Waals surface area contributed by atoms with E-state index < -0.39 is 32.4 Å². The summed E-state index contributed by atoms with van der Waals surface area (Å²) in [5.41, 5.74) is 1.87. The van der Waals surface area contributed by atoms with Crippen LogP contribution in [0.4, 0.5) is 0 Å². The van der Waals surface area contributed by atoms with Crippen LogP contribution in [0.3, 0.4) is 0 Å². The molecule has 0 radical (unpaired) electrons. The Morgan fingerprint density at radius 3 is 1.26 bits per heavy atom. The largest absolute Gasteiger partial charge is 0.297 e. The number of hydrogen-bond donors (Lipinski definition) is 0. The Kier molecular flexibility index (Phi) is 6.80. The normalized spacial score (nSPS) is 14.7. The molecule has 2 atom stereocenters. The summed E-state index contributed by atoms with van der Waals surface area (Å²) < 4.78 is 59.5. The van der Waals surface area contributed by atoms with Crippen molar-refractivity contribution in [2.45, 2.75) is 56.1 Å². The average Bonchev–Trinajstić information content (AvgIpc) is 2.54. The van der Waals surface area contributed by atoms with Crippen molar-refractivity contribution in [3.63, 3.8) is 0 Å². The maximum absolute atomic E-state index is 12.3. The van der Waals surface area contributed by atoms with Gasteiger partial charge in [0.2, 0.25) is 0 Å². The van der Waals surface area contributed by atoms with E-state index in [1.165, 1.54) is 24.3 Å². The van der Waals surface area contributed by atoms with E-state index in [1.807, 2.05) is 13.8 Å². The lowest BCUT2D eigenvalue weighted by molar-refractivity contribution is 0.140. The lowest BCUT2D eigenvalue weighted by atomic mass is 10.2. The van der Waals surface area contributed by atoms with E-state index >= 15 is 0 Å². The molecule has 0 spiro atoms. The van der Waals surface area contributed by atoms with Gasteiger partial charge in [-0.15, -0.1) is 0 Å². The smallest absolute Gasteiger partial charge is 0.263 e. The van der Waals surface area contributed by atoms with Crippen LogP contribution in [0.1, 0.15) is 31.4 Å². The highest BCUT2D eigenvalue weighted by atomic mass is 32.2. The Morgan fingerprint density at radius 2 is 0.963 bits per heavy atom. The highest BCUT2D eigenvalue weighted by Gasteiger charge is 2.24. The Balaban J connectivity index is 1.99. The standard InChI is InChI=1S/C19H24O6S2/c1-14-5-9-18(10-6-14)26(20,21)24-16(3)13-17(4)25-27(22,23)19-11-7-15(2)8-12-19/h5-12,16-17H,13H2,1-4H3/t16-,17-/m0/s1. The third-order valence-corrected chi connectivity index (χ3v) is 6.73. The molecule has 8 heteroatoms. The zero-order valence-corrected chi connectivity index (χ0v) is 17.4. The Morgan fingerprint density at radius 1 is 0.667 bits per heavy atom. The first-order valence-corrected chi connectivity index (χ1v) is 11.3. The molecule has 0 aromatic heterocycles. The van der Waals surface area contributed by atoms with E-state index in [4.69, 9.17) is 8.37 Å². The minimum atomic E-state index is -3.93. The second-order valence-corrected chi connectivity index (χ2v) is 9.73. The van der Waals surface area contributed by atoms with Crippen LogP contribution in [-0.2, 0) is 28.6 Å². The molecule has 6 nitrogen and oxygen atoms in total. The zero-order chi connectivity index (χ0) is 20.2. The van der Waals surface area contributed by atoms with Gasteiger partial charge in [0.25, 0.3) is 20.2 Å². The monoisotopic (exact) mass is 412 g/mol. The van der Waals surface area contributed by atoms with Crippen LogP contribution in [0.15, 0.2) is 58.3 Å². The van der Waals surface area contributed by atoms with E-state index in [-0.39, 0.29) is 16.2 Å². The molecular formula is C19H24O6S2. The van der Waals surface area contributed by atoms with Crippen molar-refractivity contribution in [1.82, 2.24) is 0 Å². The second-order valence-electron chi connectivity index (χ2n) is 6.58. The number of rotatable bonds is 8. The van der Waals surface area contributed by atoms with Crippen molar-refractivity contribution in [2.24, 2.45) is 0 Å². The highest BCUT2D eigenvalue weighted by molar-refractivity contribution is 7.87. The lowest BCUT2D eigenvalue weighted by Crippen LogP contribution is -2.24. The SMILES string of the molecule is Cc1ccc(S(=O)(=O)O[C@@H](C)C[C@H](C)OS(=O)(=O)c2ccc(C)cc2)cc1. The molecule has 0 heterocycles. The van der Waals surface area contributed by atoms with E-state index in [1.54, 1.807) is 38.1 Å². The minimum absolute atomic E-state index is 0.0563. The fraction of sp³-hybridized carbons (Fsp3) is 0.368. The number of hydrogen-bond acceptors (Lipinski definition) is 6. The molecule has 0 unspecified atom stereocenters. The van der Waals surface area contributed by atoms with E-state index in [2.05, 4.69) is 0 Å². The molecule has 0 saturated heterocycles. The molecule has 0 N–H and O–H groups in total. The van der Waals surface area contributed by atoms with Gasteiger partial charge in [0, 0.05) is 6.42 Å². The van der Waals surface area contributed by atoms with Gasteiger partial charge in [0.15, 0.2) is 0 Å². The Bertz CT molecular complexity index is 880. The second kappa shape index (κ2) is 8.52. The van der Waals surface area contributed by atoms with Crippen LogP contribution in [-0.4, -0.2) is 29.0 Å². The van der Waals surface area contributed by atoms with Crippen LogP contribution in [0.2, 0.25) is 0 Å². The molecule has 148 valence electrons. The van der Waals surface area contributed by atoms with E-state index in [9.17, 15) is 16.8 Å². The summed E-state index contributed by atoms with van der Waals surface area (Å²) in [6.07, 6.45) is -1.41. The summed E-state index contributed by atoms with van der Waals surface area (Å²) >= 11 is 0. The topological polar surface area (TPSA) is 86.7 Å². The predicted octanol–water partition coefficient (Wildman–Crippen LogP) is 3.58. The van der Waals surface area contributed by atoms with E-state index in [0.29, 0.717) is 0 Å². The van der Waals surface area contributed by atoms with Crippen molar-refractivity contribution in [3.8, 4) is 0 Å². The van der Waals surface area contributed by atoms with Gasteiger partial charge in [-0.25, -0.2) is 0 Å². The maximum Gasteiger partial charge on any atom is 0.297 e. The molecule has 0 amide bonds. The zero-order valence-electron chi connectivity index (χ0n) is 15.7. The molecule has 0 saturated carbocycles. The van der Waals surface area contributed by atoms with Gasteiger partial charge in [-0.3, -0.25) is 8.37 Å². The molecule has 27 heavy (non-hydrogen) atoms. The first kappa shape index (κ1) is 21.6. The number of benzene rings is 2. The molecule has 0 fully saturated rings. The van der Waals surface area contributed by atoms with Crippen molar-refractivity contribution < 1.29 is 25.2 Å². The van der Waals surface area contributed by atoms with Crippen LogP contribution in [0, 0.1) is 13.8 Å². The van der Waals surface area contributed by atoms with Gasteiger partial charge in [-0.2, -0.15) is 16.8 Å². The summed E-state index contributed by atoms with van der Waals surface area (Å²) in [4.78, 5) is 0.113. The first-order valence-electron chi connectivity index (χ1n) is 8.49. The summed E-state index contributed by atoms with van der Waals surface area (Å²) in [6, 6.07) is 12.6. The summed E-state index contributed by atoms with van der Waals surface area (Å²) in [7, 11) is -7.86. The van der Waals surface area contributed by atoms with Crippen molar-refractivity contribution in [1.29, 1.82) is 0 Å². The highest BCUT2D eigenvalue weighted by Crippen LogP contribution is 2.20. The minimum Gasteiger partial charge on any atom is -0.263 e. The summed E-state index contributed by atoms with van der Waals surface area (Å²) in [5.74, 6) is 0. The van der Waals surface area contributed by atoms with E-state index in [0.717, 1.165) is 11.1 Å². The first-order chi connectivity index (χ1) is 12.5. The van der Waals surface area contributed by atoms with Gasteiger partial charge < -0.3 is 0 Å². The molecule has 2 aromatic rings. The molecule has 2 rings (SSSR count). The molecule has 0 aliphatic rings. The van der Waals surface area contributed by atoms with Gasteiger partial charge in [0.1, 0.15) is 0 Å². The van der Waals surface area contributed by atoms with Gasteiger partial charge in [-0.1, -0.05) is 35.4 Å². The Labute approximate surface area is 161 Å². The maximum atomic E-state index is 12.3. The van der Waals surface area contributed by atoms with Crippen LogP contribution in [0.25, 0.3) is 0 Å². The predicted molar refractivity (Wildman–Crippen MR) is 102 cm³/mol. The fourth-order valence-electron chi connectivity index (χ4n) is 2.50. The van der Waals surface area contributed by atoms with Crippen molar-refractivity contribution in [2.75, 3.05) is 0 Å². The molecule has 0 aliphatic heterocycles. The van der Waals surface area contributed by atoms with Crippen molar-refractivity contribution in [3.05, 3.63) is 59.7 Å². The lowest BCUT2D eigenvalue weighted by Gasteiger charge is -2.18. The van der Waals surface area contributed by atoms with Gasteiger partial charge in [-0.05, 0) is 52.0 Å². The molecule has 0 aliphatic carbocycles. The van der Waals surface area contributed by atoms with Gasteiger partial charge in [0.05, 0.1) is 22.0 Å². The molecular weight excluding hydrogens is 388 g/mol. The summed E-state index contributed by atoms with van der Waals surface area (Å²) in [5, 5.41) is 0. The van der Waals surface area contributed by atoms with Crippen molar-refractivity contribution >= 4 is 20.2 Å². The third kappa shape index (κ3) is 6.14. The third-order valence-electron chi connectivity index (χ3n) is 3.87. The Hall–Kier alpha value is -1.74. The van der Waals surface area contributed by atoms with Crippen LogP contribution in [0.5, 0.6) is 0 Å².